The van der Waals surface area contributed by atoms with Crippen molar-refractivity contribution in [2.45, 2.75) is 31.9 Å². The number of carbonyl (C=O) groups is 1. The molecule has 1 N–H and O–H groups in total. The van der Waals surface area contributed by atoms with Crippen molar-refractivity contribution in [2.24, 2.45) is 0 Å². The lowest BCUT2D eigenvalue weighted by atomic mass is 10.0. The van der Waals surface area contributed by atoms with E-state index in [1.807, 2.05) is 6.07 Å². The van der Waals surface area contributed by atoms with Crippen LogP contribution in [0.25, 0.3) is 0 Å². The number of hydrogen-bond donors (Lipinski definition) is 1. The molecule has 1 heterocycles. The number of carboxylic acid groups (broad SMARTS) is 1. The minimum Gasteiger partial charge on any atom is -0.469 e. The Morgan fingerprint density at radius 2 is 2.22 bits per heavy atom. The summed E-state index contributed by atoms with van der Waals surface area (Å²) in [7, 11) is 1.53. The molecule has 1 aromatic rings. The molecule has 0 bridgehead atoms. The maximum absolute atomic E-state index is 11.0. The molecule has 4 nitrogen and oxygen atoms in total. The highest BCUT2D eigenvalue weighted by molar-refractivity contribution is 6.31. The van der Waals surface area contributed by atoms with E-state index in [1.54, 1.807) is 0 Å². The van der Waals surface area contributed by atoms with Gasteiger partial charge in [-0.3, -0.25) is 4.90 Å². The van der Waals surface area contributed by atoms with Crippen LogP contribution >= 0.6 is 11.6 Å². The van der Waals surface area contributed by atoms with Gasteiger partial charge >= 0.3 is 6.09 Å². The van der Waals surface area contributed by atoms with Gasteiger partial charge in [-0.2, -0.15) is 0 Å². The summed E-state index contributed by atoms with van der Waals surface area (Å²) in [4.78, 5) is 12.2. The molecule has 0 aromatic heterocycles. The molecular weight excluding hydrogens is 254 g/mol. The SMILES string of the molecule is CN(C(=O)O)C1Cc2cc(Cl)c3c(c2O1)CCC3. The zero-order valence-electron chi connectivity index (χ0n) is 10.1. The molecule has 0 fully saturated rings. The molecule has 1 aliphatic carbocycles. The third-order valence-electron chi connectivity index (χ3n) is 3.75. The van der Waals surface area contributed by atoms with Crippen molar-refractivity contribution < 1.29 is 14.6 Å². The lowest BCUT2D eigenvalue weighted by molar-refractivity contribution is 0.0603. The minimum atomic E-state index is -0.976. The second-order valence-corrected chi connectivity index (χ2v) is 5.23. The van der Waals surface area contributed by atoms with E-state index < -0.39 is 12.3 Å². The molecular formula is C13H14ClNO3. The van der Waals surface area contributed by atoms with E-state index in [4.69, 9.17) is 21.4 Å². The van der Waals surface area contributed by atoms with Crippen LogP contribution in [0.1, 0.15) is 23.1 Å². The Balaban J connectivity index is 1.97. The first-order valence-corrected chi connectivity index (χ1v) is 6.41. The minimum absolute atomic E-state index is 0.430. The van der Waals surface area contributed by atoms with Crippen molar-refractivity contribution in [3.8, 4) is 5.75 Å². The van der Waals surface area contributed by atoms with E-state index in [2.05, 4.69) is 0 Å². The highest BCUT2D eigenvalue weighted by Crippen LogP contribution is 2.42. The number of hydrogen-bond acceptors (Lipinski definition) is 2. The summed E-state index contributed by atoms with van der Waals surface area (Å²) in [5, 5.41) is 9.78. The van der Waals surface area contributed by atoms with Crippen molar-refractivity contribution in [3.05, 3.63) is 27.8 Å². The van der Waals surface area contributed by atoms with Gasteiger partial charge in [-0.05, 0) is 36.5 Å². The van der Waals surface area contributed by atoms with E-state index in [1.165, 1.54) is 23.1 Å². The summed E-state index contributed by atoms with van der Waals surface area (Å²) in [5.41, 5.74) is 3.38. The van der Waals surface area contributed by atoms with Crippen LogP contribution in [0.5, 0.6) is 5.75 Å². The monoisotopic (exact) mass is 267 g/mol. The first kappa shape index (κ1) is 11.7. The van der Waals surface area contributed by atoms with E-state index in [0.717, 1.165) is 35.6 Å². The Morgan fingerprint density at radius 3 is 2.94 bits per heavy atom. The van der Waals surface area contributed by atoms with Crippen molar-refractivity contribution in [1.29, 1.82) is 0 Å². The molecule has 1 atom stereocenters. The second-order valence-electron chi connectivity index (χ2n) is 4.83. The highest BCUT2D eigenvalue weighted by atomic mass is 35.5. The van der Waals surface area contributed by atoms with E-state index in [0.29, 0.717) is 6.42 Å². The molecule has 0 saturated carbocycles. The lowest BCUT2D eigenvalue weighted by Crippen LogP contribution is -2.38. The van der Waals surface area contributed by atoms with Crippen LogP contribution < -0.4 is 4.74 Å². The van der Waals surface area contributed by atoms with Gasteiger partial charge in [-0.25, -0.2) is 4.79 Å². The molecule has 2 aliphatic rings. The molecule has 18 heavy (non-hydrogen) atoms. The van der Waals surface area contributed by atoms with Gasteiger partial charge < -0.3 is 9.84 Å². The Kier molecular flexibility index (Phi) is 2.63. The fourth-order valence-corrected chi connectivity index (χ4v) is 3.10. The molecule has 0 spiro atoms. The maximum Gasteiger partial charge on any atom is 0.409 e. The third kappa shape index (κ3) is 1.63. The van der Waals surface area contributed by atoms with Crippen LogP contribution in [-0.4, -0.2) is 29.4 Å². The summed E-state index contributed by atoms with van der Waals surface area (Å²) in [5.74, 6) is 0.866. The van der Waals surface area contributed by atoms with Gasteiger partial charge in [-0.1, -0.05) is 11.6 Å². The van der Waals surface area contributed by atoms with Gasteiger partial charge in [0.25, 0.3) is 0 Å². The van der Waals surface area contributed by atoms with Crippen LogP contribution in [0, 0.1) is 0 Å². The zero-order chi connectivity index (χ0) is 12.9. The van der Waals surface area contributed by atoms with Crippen LogP contribution in [0.2, 0.25) is 5.02 Å². The van der Waals surface area contributed by atoms with Crippen LogP contribution in [-0.2, 0) is 19.3 Å². The first-order valence-electron chi connectivity index (χ1n) is 6.03. The third-order valence-corrected chi connectivity index (χ3v) is 4.09. The fourth-order valence-electron chi connectivity index (χ4n) is 2.76. The Labute approximate surface area is 110 Å². The standard InChI is InChI=1S/C13H14ClNO3/c1-15(13(16)17)11-6-7-5-10(14)8-3-2-4-9(8)12(7)18-11/h5,11H,2-4,6H2,1H3,(H,16,17). The molecule has 1 unspecified atom stereocenters. The second kappa shape index (κ2) is 4.05. The van der Waals surface area contributed by atoms with Crippen molar-refractivity contribution in [1.82, 2.24) is 4.90 Å². The number of fused-ring (bicyclic) bond motifs is 3. The normalized spacial score (nSPS) is 20.2. The largest absolute Gasteiger partial charge is 0.469 e. The number of rotatable bonds is 1. The summed E-state index contributed by atoms with van der Waals surface area (Å²) in [6.07, 6.45) is 2.22. The van der Waals surface area contributed by atoms with Crippen molar-refractivity contribution >= 4 is 17.7 Å². The topological polar surface area (TPSA) is 49.8 Å². The molecule has 3 rings (SSSR count). The zero-order valence-corrected chi connectivity index (χ0v) is 10.8. The number of likely N-dealkylation sites (N-methyl/N-ethyl adjacent to an activating group) is 1. The predicted octanol–water partition coefficient (Wildman–Crippen LogP) is 2.70. The van der Waals surface area contributed by atoms with E-state index >= 15 is 0 Å². The first-order chi connectivity index (χ1) is 8.58. The van der Waals surface area contributed by atoms with Crippen molar-refractivity contribution in [3.63, 3.8) is 0 Å². The average molecular weight is 268 g/mol. The van der Waals surface area contributed by atoms with Gasteiger partial charge in [0.1, 0.15) is 5.75 Å². The Hall–Kier alpha value is -1.42. The number of nitrogens with zero attached hydrogens (tertiary/aromatic N) is 1. The lowest BCUT2D eigenvalue weighted by Gasteiger charge is -2.20. The number of benzene rings is 1. The van der Waals surface area contributed by atoms with Crippen LogP contribution in [0.4, 0.5) is 4.79 Å². The van der Waals surface area contributed by atoms with Gasteiger partial charge in [0.2, 0.25) is 0 Å². The predicted molar refractivity (Wildman–Crippen MR) is 67.4 cm³/mol. The quantitative estimate of drug-likeness (QED) is 0.851. The average Bonchev–Trinajstić information content (AvgIpc) is 2.92. The smallest absolute Gasteiger partial charge is 0.409 e. The fraction of sp³-hybridized carbons (Fsp3) is 0.462. The van der Waals surface area contributed by atoms with Gasteiger partial charge in [0.05, 0.1) is 0 Å². The molecule has 0 radical (unpaired) electrons. The Morgan fingerprint density at radius 1 is 1.50 bits per heavy atom. The summed E-state index contributed by atoms with van der Waals surface area (Å²) < 4.78 is 5.81. The summed E-state index contributed by atoms with van der Waals surface area (Å²) in [6.45, 7) is 0. The molecule has 96 valence electrons. The number of ether oxygens (including phenoxy) is 1. The molecule has 1 aliphatic heterocycles. The van der Waals surface area contributed by atoms with Gasteiger partial charge in [0, 0.05) is 24.1 Å². The molecule has 0 saturated heterocycles. The summed E-state index contributed by atoms with van der Waals surface area (Å²) >= 11 is 6.26. The number of halogens is 1. The van der Waals surface area contributed by atoms with Crippen molar-refractivity contribution in [2.75, 3.05) is 7.05 Å². The highest BCUT2D eigenvalue weighted by Gasteiger charge is 2.33. The molecule has 1 amide bonds. The number of amides is 1. The van der Waals surface area contributed by atoms with E-state index in [9.17, 15) is 4.79 Å². The Bertz CT molecular complexity index is 529. The molecule has 1 aromatic carbocycles. The van der Waals surface area contributed by atoms with Crippen LogP contribution in [0.15, 0.2) is 6.07 Å². The van der Waals surface area contributed by atoms with E-state index in [-0.39, 0.29) is 0 Å². The van der Waals surface area contributed by atoms with Gasteiger partial charge in [0.15, 0.2) is 6.23 Å². The van der Waals surface area contributed by atoms with Crippen LogP contribution in [0.3, 0.4) is 0 Å². The summed E-state index contributed by atoms with van der Waals surface area (Å²) in [6, 6.07) is 1.93. The molecule has 5 heteroatoms. The maximum atomic E-state index is 11.0. The van der Waals surface area contributed by atoms with Gasteiger partial charge in [-0.15, -0.1) is 0 Å².